The van der Waals surface area contributed by atoms with Crippen molar-refractivity contribution in [2.75, 3.05) is 0 Å². The van der Waals surface area contributed by atoms with E-state index in [1.54, 1.807) is 0 Å². The first-order valence-corrected chi connectivity index (χ1v) is 15.5. The van der Waals surface area contributed by atoms with Crippen LogP contribution in [0.25, 0.3) is 69.7 Å². The van der Waals surface area contributed by atoms with Crippen molar-refractivity contribution in [3.63, 3.8) is 0 Å². The molecule has 0 fully saturated rings. The lowest BCUT2D eigenvalue weighted by Crippen LogP contribution is -2.30. The zero-order chi connectivity index (χ0) is 28.7. The Morgan fingerprint density at radius 2 is 1.26 bits per heavy atom. The second-order valence-electron chi connectivity index (χ2n) is 12.6. The topological polar surface area (TPSA) is 8.81 Å². The fourth-order valence-electron chi connectivity index (χ4n) is 6.91. The van der Waals surface area contributed by atoms with Crippen LogP contribution in [0.15, 0.2) is 109 Å². The number of pyridine rings is 1. The first-order valence-electron chi connectivity index (χ1n) is 14.7. The van der Waals surface area contributed by atoms with E-state index < -0.39 is 0 Å². The zero-order valence-electron chi connectivity index (χ0n) is 24.7. The molecule has 0 atom stereocenters. The fourth-order valence-corrected chi connectivity index (χ4v) is 8.18. The predicted octanol–water partition coefficient (Wildman–Crippen LogP) is 10.4. The van der Waals surface area contributed by atoms with E-state index in [2.05, 4.69) is 153 Å². The molecule has 3 heteroatoms. The Kier molecular flexibility index (Phi) is 5.42. The molecule has 0 aliphatic carbocycles. The summed E-state index contributed by atoms with van der Waals surface area (Å²) in [7, 11) is 2.19. The van der Waals surface area contributed by atoms with Gasteiger partial charge in [0.25, 0.3) is 0 Å². The van der Waals surface area contributed by atoms with Crippen LogP contribution in [0.1, 0.15) is 31.9 Å². The van der Waals surface area contributed by atoms with Crippen LogP contribution < -0.4 is 4.57 Å². The third kappa shape index (κ3) is 3.60. The van der Waals surface area contributed by atoms with Crippen LogP contribution in [-0.2, 0) is 12.5 Å². The molecule has 42 heavy (non-hydrogen) atoms. The fraction of sp³-hybridized carbons (Fsp3) is 0.154. The minimum Gasteiger partial charge on any atom is -0.309 e. The average molecular weight is 562 g/mol. The summed E-state index contributed by atoms with van der Waals surface area (Å²) in [5, 5.41) is 7.90. The Morgan fingerprint density at radius 1 is 0.643 bits per heavy atom. The van der Waals surface area contributed by atoms with E-state index in [-0.39, 0.29) is 5.41 Å². The van der Waals surface area contributed by atoms with E-state index in [9.17, 15) is 0 Å². The molecule has 8 rings (SSSR count). The number of thiophene rings is 1. The molecule has 3 heterocycles. The molecule has 0 radical (unpaired) electrons. The van der Waals surface area contributed by atoms with Gasteiger partial charge in [0, 0.05) is 38.0 Å². The smallest absolute Gasteiger partial charge is 0.230 e. The number of hydrogen-bond donors (Lipinski definition) is 0. The first kappa shape index (κ1) is 25.3. The van der Waals surface area contributed by atoms with Crippen LogP contribution in [0.2, 0.25) is 0 Å². The van der Waals surface area contributed by atoms with Crippen molar-refractivity contribution < 1.29 is 4.57 Å². The minimum absolute atomic E-state index is 0.0336. The summed E-state index contributed by atoms with van der Waals surface area (Å²) < 4.78 is 7.39. The number of fused-ring (bicyclic) bond motifs is 7. The highest BCUT2D eigenvalue weighted by Gasteiger charge is 2.26. The van der Waals surface area contributed by atoms with E-state index in [1.807, 2.05) is 11.3 Å². The largest absolute Gasteiger partial charge is 0.309 e. The summed E-state index contributed by atoms with van der Waals surface area (Å²) in [5.74, 6) is 0. The lowest BCUT2D eigenvalue weighted by molar-refractivity contribution is -0.659. The molecule has 3 aromatic heterocycles. The van der Waals surface area contributed by atoms with Gasteiger partial charge in [0.05, 0.1) is 16.6 Å². The van der Waals surface area contributed by atoms with Crippen LogP contribution in [0.5, 0.6) is 0 Å². The Bertz CT molecular complexity index is 2310. The lowest BCUT2D eigenvalue weighted by atomic mass is 9.80. The van der Waals surface area contributed by atoms with E-state index in [0.29, 0.717) is 0 Å². The third-order valence-corrected chi connectivity index (χ3v) is 10.2. The Morgan fingerprint density at radius 3 is 1.93 bits per heavy atom. The molecule has 5 aromatic carbocycles. The number of benzene rings is 5. The van der Waals surface area contributed by atoms with Gasteiger partial charge in [0.15, 0.2) is 6.20 Å². The highest BCUT2D eigenvalue weighted by molar-refractivity contribution is 7.26. The summed E-state index contributed by atoms with van der Waals surface area (Å²) in [4.78, 5) is 0. The van der Waals surface area contributed by atoms with Crippen LogP contribution >= 0.6 is 11.3 Å². The highest BCUT2D eigenvalue weighted by atomic mass is 32.1. The molecule has 0 unspecified atom stereocenters. The van der Waals surface area contributed by atoms with Gasteiger partial charge in [-0.05, 0) is 70.6 Å². The monoisotopic (exact) mass is 561 g/mol. The Hall–Kier alpha value is -4.47. The van der Waals surface area contributed by atoms with Gasteiger partial charge in [0.1, 0.15) is 11.7 Å². The maximum atomic E-state index is 2.46. The van der Waals surface area contributed by atoms with Gasteiger partial charge in [-0.25, -0.2) is 0 Å². The molecule has 2 nitrogen and oxygen atoms in total. The number of rotatable bonds is 2. The van der Waals surface area contributed by atoms with Gasteiger partial charge in [-0.1, -0.05) is 81.4 Å². The quantitative estimate of drug-likeness (QED) is 0.186. The average Bonchev–Trinajstić information content (AvgIpc) is 3.52. The number of aromatic nitrogens is 2. The van der Waals surface area contributed by atoms with E-state index in [4.69, 9.17) is 0 Å². The molecular weight excluding hydrogens is 529 g/mol. The van der Waals surface area contributed by atoms with Crippen molar-refractivity contribution in [3.05, 3.63) is 120 Å². The molecule has 0 bridgehead atoms. The van der Waals surface area contributed by atoms with Gasteiger partial charge in [-0.15, -0.1) is 11.3 Å². The van der Waals surface area contributed by atoms with Gasteiger partial charge in [-0.2, -0.15) is 4.57 Å². The minimum atomic E-state index is 0.0336. The molecular formula is C39H33N2S+. The molecule has 0 N–H and O–H groups in total. The lowest BCUT2D eigenvalue weighted by Gasteiger charge is -2.24. The molecule has 0 saturated heterocycles. The number of aryl methyl sites for hydroxylation is 2. The van der Waals surface area contributed by atoms with E-state index in [1.165, 1.54) is 80.8 Å². The molecule has 204 valence electrons. The summed E-state index contributed by atoms with van der Waals surface area (Å²) in [6.07, 6.45) is 2.24. The highest BCUT2D eigenvalue weighted by Crippen LogP contribution is 2.43. The summed E-state index contributed by atoms with van der Waals surface area (Å²) >= 11 is 1.91. The van der Waals surface area contributed by atoms with Gasteiger partial charge < -0.3 is 4.57 Å². The zero-order valence-corrected chi connectivity index (χ0v) is 25.5. The molecule has 0 saturated carbocycles. The van der Waals surface area contributed by atoms with Crippen molar-refractivity contribution in [2.45, 2.75) is 33.1 Å². The molecule has 8 aromatic rings. The second-order valence-corrected chi connectivity index (χ2v) is 13.6. The van der Waals surface area contributed by atoms with Crippen LogP contribution in [-0.4, -0.2) is 4.57 Å². The summed E-state index contributed by atoms with van der Waals surface area (Å²) in [6.45, 7) is 9.26. The SMILES string of the molecule is Cc1c(-c2c3sc4ccc(-n5c6ccccc6c6ccccc65)cc4c3cc[n+]2C)cc(C(C)(C)C)c2ccccc12. The van der Waals surface area contributed by atoms with Gasteiger partial charge in [-0.3, -0.25) is 0 Å². The Balaban J connectivity index is 1.42. The first-order chi connectivity index (χ1) is 20.3. The van der Waals surface area contributed by atoms with E-state index in [0.717, 1.165) is 0 Å². The molecule has 0 spiro atoms. The number of nitrogens with zero attached hydrogens (tertiary/aromatic N) is 2. The van der Waals surface area contributed by atoms with Crippen molar-refractivity contribution in [1.29, 1.82) is 0 Å². The van der Waals surface area contributed by atoms with Crippen molar-refractivity contribution in [1.82, 2.24) is 4.57 Å². The van der Waals surface area contributed by atoms with Crippen LogP contribution in [0, 0.1) is 6.92 Å². The second kappa shape index (κ2) is 9.01. The van der Waals surface area contributed by atoms with Crippen LogP contribution in [0.3, 0.4) is 0 Å². The van der Waals surface area contributed by atoms with Crippen molar-refractivity contribution in [3.8, 4) is 16.9 Å². The predicted molar refractivity (Wildman–Crippen MR) is 181 cm³/mol. The molecule has 0 aliphatic rings. The standard InChI is InChI=1S/C39H33N2S/c1-24-26-12-6-7-13-27(26)33(39(2,3)4)23-31(24)37-38-30(20-21-40(37)5)32-22-25(18-19-36(32)42-38)41-34-16-10-8-14-28(34)29-15-9-11-17-35(29)41/h6-23H,1-5H3/q+1. The van der Waals surface area contributed by atoms with E-state index >= 15 is 0 Å². The summed E-state index contributed by atoms with van der Waals surface area (Å²) in [6, 6.07) is 38.1. The summed E-state index contributed by atoms with van der Waals surface area (Å²) in [5.41, 5.74) is 9.06. The maximum Gasteiger partial charge on any atom is 0.230 e. The molecule has 0 aliphatic heterocycles. The van der Waals surface area contributed by atoms with Crippen molar-refractivity contribution in [2.24, 2.45) is 7.05 Å². The number of para-hydroxylation sites is 2. The van der Waals surface area contributed by atoms with Gasteiger partial charge >= 0.3 is 0 Å². The Labute approximate surface area is 250 Å². The molecule has 0 amide bonds. The van der Waals surface area contributed by atoms with Crippen molar-refractivity contribution >= 4 is 64.1 Å². The normalized spacial score (nSPS) is 12.4. The van der Waals surface area contributed by atoms with Gasteiger partial charge in [0.2, 0.25) is 5.69 Å². The maximum absolute atomic E-state index is 2.46. The van der Waals surface area contributed by atoms with Crippen LogP contribution in [0.4, 0.5) is 0 Å². The number of hydrogen-bond acceptors (Lipinski definition) is 1. The third-order valence-electron chi connectivity index (χ3n) is 8.96.